The van der Waals surface area contributed by atoms with E-state index in [1.54, 1.807) is 42.2 Å². The van der Waals surface area contributed by atoms with E-state index in [2.05, 4.69) is 0 Å². The van der Waals surface area contributed by atoms with Crippen LogP contribution in [0.2, 0.25) is 0 Å². The highest BCUT2D eigenvalue weighted by molar-refractivity contribution is 6.62. The maximum absolute atomic E-state index is 12.7. The van der Waals surface area contributed by atoms with Crippen molar-refractivity contribution in [2.45, 2.75) is 52.7 Å². The highest BCUT2D eigenvalue weighted by Gasteiger charge is 2.51. The molecule has 0 aliphatic carbocycles. The summed E-state index contributed by atoms with van der Waals surface area (Å²) >= 11 is 0. The first kappa shape index (κ1) is 46.1. The topological polar surface area (TPSA) is 196 Å². The van der Waals surface area contributed by atoms with Crippen molar-refractivity contribution in [3.8, 4) is 0 Å². The van der Waals surface area contributed by atoms with E-state index in [0.29, 0.717) is 56.0 Å². The van der Waals surface area contributed by atoms with Gasteiger partial charge in [-0.1, -0.05) is 36.4 Å². The first-order chi connectivity index (χ1) is 25.4. The molecule has 1 aliphatic rings. The van der Waals surface area contributed by atoms with Gasteiger partial charge in [0.2, 0.25) is 0 Å². The fraction of sp³-hybridized carbons (Fsp3) is 0.432. The normalized spacial score (nSPS) is 13.8. The summed E-state index contributed by atoms with van der Waals surface area (Å²) in [4.78, 5) is 38.7. The number of methoxy groups -OCH3 is 2. The Labute approximate surface area is 319 Å². The van der Waals surface area contributed by atoms with Crippen molar-refractivity contribution in [3.05, 3.63) is 89.5 Å². The predicted octanol–water partition coefficient (Wildman–Crippen LogP) is 0.634. The van der Waals surface area contributed by atoms with Gasteiger partial charge in [0, 0.05) is 51.5 Å². The number of aromatic carboxylic acids is 1. The van der Waals surface area contributed by atoms with Gasteiger partial charge in [0.15, 0.2) is 0 Å². The Hall–Kier alpha value is -4.06. The predicted molar refractivity (Wildman–Crippen MR) is 209 cm³/mol. The van der Waals surface area contributed by atoms with Gasteiger partial charge >= 0.3 is 27.3 Å². The van der Waals surface area contributed by atoms with E-state index >= 15 is 0 Å². The van der Waals surface area contributed by atoms with Crippen LogP contribution in [0.15, 0.2) is 72.8 Å². The molecule has 14 nitrogen and oxygen atoms in total. The number of benzene rings is 3. The molecule has 0 atom stereocenters. The van der Waals surface area contributed by atoms with Crippen LogP contribution >= 0.6 is 0 Å². The number of rotatable bonds is 14. The third-order valence-electron chi connectivity index (χ3n) is 8.99. The van der Waals surface area contributed by atoms with E-state index < -0.39 is 38.5 Å². The molecule has 0 radical (unpaired) electrons. The lowest BCUT2D eigenvalue weighted by atomic mass is 9.78. The lowest BCUT2D eigenvalue weighted by Crippen LogP contribution is -2.41. The lowest BCUT2D eigenvalue weighted by molar-refractivity contribution is 0.00578. The zero-order valence-electron chi connectivity index (χ0n) is 32.4. The van der Waals surface area contributed by atoms with Gasteiger partial charge in [0.1, 0.15) is 0 Å². The summed E-state index contributed by atoms with van der Waals surface area (Å²) < 4.78 is 22.2. The Balaban J connectivity index is 0.000000297. The Kier molecular flexibility index (Phi) is 18.6. The van der Waals surface area contributed by atoms with Gasteiger partial charge in [0.25, 0.3) is 11.8 Å². The maximum atomic E-state index is 12.7. The van der Waals surface area contributed by atoms with Crippen LogP contribution in [-0.4, -0.2) is 139 Å². The number of ether oxygens (including phenoxy) is 2. The van der Waals surface area contributed by atoms with Crippen molar-refractivity contribution >= 4 is 55.5 Å². The minimum Gasteiger partial charge on any atom is -0.478 e. The quantitative estimate of drug-likeness (QED) is 0.145. The number of amides is 2. The van der Waals surface area contributed by atoms with Crippen molar-refractivity contribution in [1.82, 2.24) is 9.80 Å². The van der Waals surface area contributed by atoms with Crippen LogP contribution in [0.25, 0.3) is 0 Å². The minimum absolute atomic E-state index is 0.00656. The third kappa shape index (κ3) is 13.4. The molecule has 0 unspecified atom stereocenters. The minimum atomic E-state index is -1.62. The van der Waals surface area contributed by atoms with Gasteiger partial charge in [-0.2, -0.15) is 0 Å². The second-order valence-electron chi connectivity index (χ2n) is 13.3. The highest BCUT2D eigenvalue weighted by atomic mass is 16.7. The summed E-state index contributed by atoms with van der Waals surface area (Å²) in [7, 11) is -0.425. The van der Waals surface area contributed by atoms with E-state index in [0.717, 1.165) is 5.46 Å². The van der Waals surface area contributed by atoms with E-state index in [1.165, 1.54) is 30.3 Å². The smallest absolute Gasteiger partial charge is 0.478 e. The van der Waals surface area contributed by atoms with E-state index in [1.807, 2.05) is 65.8 Å². The maximum Gasteiger partial charge on any atom is 0.494 e. The van der Waals surface area contributed by atoms with Crippen molar-refractivity contribution in [3.63, 3.8) is 0 Å². The summed E-state index contributed by atoms with van der Waals surface area (Å²) in [6.45, 7) is 15.2. The molecular weight excluding hydrogens is 697 g/mol. The molecule has 1 fully saturated rings. The number of nitrogens with zero attached hydrogens (tertiary/aromatic N) is 2. The molecule has 292 valence electrons. The van der Waals surface area contributed by atoms with Crippen LogP contribution in [0, 0.1) is 0 Å². The SMILES string of the molecule is CCN(CCOC)C(=O)c1cccc(B(O)O)c1.CCN(CCOC)C(=O)c1cccc(B2OC(C)(C)C(C)(C)O2)c1.O=C(O)c1cccc(B(O)O)c1. The second-order valence-corrected chi connectivity index (χ2v) is 13.3. The fourth-order valence-corrected chi connectivity index (χ4v) is 5.04. The standard InChI is InChI=1S/C18H28BNO4.C12H18BNO4.C7H7BO4/c1-7-20(11-12-22-6)16(21)14-9-8-10-15(13-14)19-23-17(2,3)18(4,5)24-19;1-3-14(7-8-18-2)12(15)10-5-4-6-11(9-10)13(16)17;9-7(10)5-2-1-3-6(4-5)8(11)12/h8-10,13H,7,11-12H2,1-6H3;4-6,9,16-17H,3,7-8H2,1-2H3;1-4,11-12H,(H,9,10). The first-order valence-electron chi connectivity index (χ1n) is 17.6. The Morgan fingerprint density at radius 1 is 0.667 bits per heavy atom. The molecular formula is C37H53B3N2O12. The zero-order chi connectivity index (χ0) is 40.6. The summed E-state index contributed by atoms with van der Waals surface area (Å²) in [5, 5.41) is 44.1. The second kappa shape index (κ2) is 21.7. The number of carbonyl (C=O) groups is 3. The largest absolute Gasteiger partial charge is 0.494 e. The molecule has 2 amide bonds. The van der Waals surface area contributed by atoms with Gasteiger partial charge in [-0.25, -0.2) is 4.79 Å². The van der Waals surface area contributed by atoms with Crippen LogP contribution in [0.3, 0.4) is 0 Å². The number of carboxylic acids is 1. The van der Waals surface area contributed by atoms with Crippen LogP contribution in [0.1, 0.15) is 72.6 Å². The molecule has 0 saturated carbocycles. The molecule has 1 aliphatic heterocycles. The van der Waals surface area contributed by atoms with Crippen molar-refractivity contribution in [2.24, 2.45) is 0 Å². The van der Waals surface area contributed by atoms with Crippen LogP contribution in [0.5, 0.6) is 0 Å². The summed E-state index contributed by atoms with van der Waals surface area (Å²) in [6.07, 6.45) is 0. The van der Waals surface area contributed by atoms with Gasteiger partial charge in [0.05, 0.1) is 30.0 Å². The van der Waals surface area contributed by atoms with Gasteiger partial charge in [-0.05, 0) is 94.3 Å². The molecule has 54 heavy (non-hydrogen) atoms. The lowest BCUT2D eigenvalue weighted by Gasteiger charge is -2.32. The van der Waals surface area contributed by atoms with Crippen LogP contribution in [-0.2, 0) is 18.8 Å². The molecule has 0 aromatic heterocycles. The molecule has 4 rings (SSSR count). The Bertz CT molecular complexity index is 1640. The zero-order valence-corrected chi connectivity index (χ0v) is 32.4. The molecule has 0 bridgehead atoms. The van der Waals surface area contributed by atoms with Crippen molar-refractivity contribution < 1.29 is 58.4 Å². The molecule has 1 saturated heterocycles. The number of hydrogen-bond acceptors (Lipinski definition) is 11. The monoisotopic (exact) mass is 750 g/mol. The van der Waals surface area contributed by atoms with Gasteiger partial charge < -0.3 is 53.8 Å². The van der Waals surface area contributed by atoms with Crippen LogP contribution < -0.4 is 16.4 Å². The molecule has 0 spiro atoms. The van der Waals surface area contributed by atoms with Crippen molar-refractivity contribution in [1.29, 1.82) is 0 Å². The van der Waals surface area contributed by atoms with Crippen molar-refractivity contribution in [2.75, 3.05) is 53.6 Å². The Morgan fingerprint density at radius 3 is 1.44 bits per heavy atom. The molecule has 17 heteroatoms. The average Bonchev–Trinajstić information content (AvgIpc) is 3.38. The fourth-order valence-electron chi connectivity index (χ4n) is 5.04. The summed E-state index contributed by atoms with van der Waals surface area (Å²) in [5.41, 5.74) is 1.68. The molecule has 3 aromatic rings. The first-order valence-corrected chi connectivity index (χ1v) is 17.6. The third-order valence-corrected chi connectivity index (χ3v) is 8.99. The van der Waals surface area contributed by atoms with E-state index in [4.69, 9.17) is 44.0 Å². The summed E-state index contributed by atoms with van der Waals surface area (Å²) in [6, 6.07) is 19.3. The number of carboxylic acid groups (broad SMARTS) is 1. The average molecular weight is 750 g/mol. The highest BCUT2D eigenvalue weighted by Crippen LogP contribution is 2.36. The molecule has 1 heterocycles. The number of likely N-dealkylation sites (N-methyl/N-ethyl adjacent to an activating group) is 2. The summed E-state index contributed by atoms with van der Waals surface area (Å²) in [5.74, 6) is -1.23. The Morgan fingerprint density at radius 2 is 1.06 bits per heavy atom. The van der Waals surface area contributed by atoms with E-state index in [-0.39, 0.29) is 22.8 Å². The van der Waals surface area contributed by atoms with E-state index in [9.17, 15) is 14.4 Å². The molecule has 5 N–H and O–H groups in total. The van der Waals surface area contributed by atoms with Gasteiger partial charge in [-0.3, -0.25) is 9.59 Å². The number of carbonyl (C=O) groups excluding carboxylic acids is 2. The molecule has 3 aromatic carbocycles. The number of hydrogen-bond donors (Lipinski definition) is 5. The van der Waals surface area contributed by atoms with Crippen LogP contribution in [0.4, 0.5) is 0 Å². The van der Waals surface area contributed by atoms with Gasteiger partial charge in [-0.15, -0.1) is 0 Å².